The highest BCUT2D eigenvalue weighted by Crippen LogP contribution is 2.09. The molecule has 0 unspecified atom stereocenters. The van der Waals surface area contributed by atoms with Gasteiger partial charge in [0.25, 0.3) is 0 Å². The van der Waals surface area contributed by atoms with E-state index in [1.165, 1.54) is 0 Å². The molecule has 4 nitrogen and oxygen atoms in total. The van der Waals surface area contributed by atoms with Crippen molar-refractivity contribution < 1.29 is 4.79 Å². The summed E-state index contributed by atoms with van der Waals surface area (Å²) in [5, 5.41) is 0. The summed E-state index contributed by atoms with van der Waals surface area (Å²) in [6, 6.07) is -0.377. The zero-order valence-corrected chi connectivity index (χ0v) is 9.16. The summed E-state index contributed by atoms with van der Waals surface area (Å²) < 4.78 is 0. The molecule has 0 fully saturated rings. The minimum Gasteiger partial charge on any atom is -0.320 e. The highest BCUT2D eigenvalue weighted by molar-refractivity contribution is 6.00. The smallest absolute Gasteiger partial charge is 0.244 e. The number of hydrogen-bond acceptors (Lipinski definition) is 3. The van der Waals surface area contributed by atoms with Crippen LogP contribution in [0.2, 0.25) is 0 Å². The quantitative estimate of drug-likeness (QED) is 0.721. The first-order valence-electron chi connectivity index (χ1n) is 5.10. The molecule has 0 aromatic carbocycles. The predicted molar refractivity (Wildman–Crippen MR) is 57.1 cm³/mol. The van der Waals surface area contributed by atoms with Gasteiger partial charge in [0.2, 0.25) is 5.91 Å². The number of nitrogens with two attached hydrogens (primary N) is 1. The van der Waals surface area contributed by atoms with E-state index in [-0.39, 0.29) is 11.9 Å². The molecule has 1 rings (SSSR count). The molecule has 4 heteroatoms. The Bertz CT molecular complexity index is 248. The molecule has 2 N–H and O–H groups in total. The van der Waals surface area contributed by atoms with Gasteiger partial charge in [0.1, 0.15) is 5.84 Å². The van der Waals surface area contributed by atoms with Crippen LogP contribution in [0.5, 0.6) is 0 Å². The number of amides is 1. The van der Waals surface area contributed by atoms with E-state index in [2.05, 4.69) is 18.8 Å². The Hall–Kier alpha value is -0.900. The highest BCUT2D eigenvalue weighted by Gasteiger charge is 2.25. The maximum atomic E-state index is 11.8. The lowest BCUT2D eigenvalue weighted by Crippen LogP contribution is -2.45. The third kappa shape index (κ3) is 2.54. The molecule has 0 spiro atoms. The van der Waals surface area contributed by atoms with Gasteiger partial charge in [-0.2, -0.15) is 0 Å². The normalized spacial score (nSPS) is 18.6. The molecule has 0 aromatic rings. The molecule has 1 heterocycles. The van der Waals surface area contributed by atoms with E-state index in [1.54, 1.807) is 4.90 Å². The fraction of sp³-hybridized carbons (Fsp3) is 0.800. The van der Waals surface area contributed by atoms with Crippen molar-refractivity contribution in [3.05, 3.63) is 0 Å². The average molecular weight is 197 g/mol. The Morgan fingerprint density at radius 2 is 2.29 bits per heavy atom. The van der Waals surface area contributed by atoms with Crippen LogP contribution in [0.1, 0.15) is 27.2 Å². The van der Waals surface area contributed by atoms with Crippen molar-refractivity contribution in [2.75, 3.05) is 13.1 Å². The molecule has 1 aliphatic rings. The fourth-order valence-electron chi connectivity index (χ4n) is 1.64. The summed E-state index contributed by atoms with van der Waals surface area (Å²) in [6.45, 7) is 7.39. The third-order valence-corrected chi connectivity index (χ3v) is 2.36. The standard InChI is InChI=1S/C10H19N3O/c1-7(2)6-9(11)10(14)13-5-4-12-8(13)3/h7,9H,4-6,11H2,1-3H3/t9-/m0/s1. The third-order valence-electron chi connectivity index (χ3n) is 2.36. The first-order valence-corrected chi connectivity index (χ1v) is 5.10. The summed E-state index contributed by atoms with van der Waals surface area (Å²) in [6.07, 6.45) is 0.739. The molecule has 1 atom stereocenters. The second kappa shape index (κ2) is 4.55. The number of carbonyl (C=O) groups excluding carboxylic acids is 1. The Morgan fingerprint density at radius 3 is 2.71 bits per heavy atom. The second-order valence-corrected chi connectivity index (χ2v) is 4.15. The van der Waals surface area contributed by atoms with Gasteiger partial charge < -0.3 is 5.73 Å². The van der Waals surface area contributed by atoms with E-state index < -0.39 is 0 Å². The molecule has 0 bridgehead atoms. The van der Waals surface area contributed by atoms with E-state index in [0.717, 1.165) is 12.3 Å². The lowest BCUT2D eigenvalue weighted by atomic mass is 10.0. The first kappa shape index (κ1) is 11.2. The number of carbonyl (C=O) groups is 1. The van der Waals surface area contributed by atoms with Crippen LogP contribution < -0.4 is 5.73 Å². The minimum absolute atomic E-state index is 0.0115. The van der Waals surface area contributed by atoms with Gasteiger partial charge in [-0.1, -0.05) is 13.8 Å². The average Bonchev–Trinajstić information content (AvgIpc) is 2.48. The number of amidine groups is 1. The molecule has 0 aromatic heterocycles. The fourth-order valence-corrected chi connectivity index (χ4v) is 1.64. The van der Waals surface area contributed by atoms with Gasteiger partial charge in [0.15, 0.2) is 0 Å². The summed E-state index contributed by atoms with van der Waals surface area (Å²) >= 11 is 0. The zero-order chi connectivity index (χ0) is 10.7. The van der Waals surface area contributed by atoms with Crippen LogP contribution in [0.3, 0.4) is 0 Å². The maximum absolute atomic E-state index is 11.8. The van der Waals surface area contributed by atoms with Gasteiger partial charge in [0, 0.05) is 6.54 Å². The molecule has 1 aliphatic heterocycles. The Morgan fingerprint density at radius 1 is 1.64 bits per heavy atom. The van der Waals surface area contributed by atoms with Crippen LogP contribution in [0, 0.1) is 5.92 Å². The molecule has 0 saturated heterocycles. The Balaban J connectivity index is 2.52. The van der Waals surface area contributed by atoms with Crippen LogP contribution in [-0.4, -0.2) is 35.8 Å². The second-order valence-electron chi connectivity index (χ2n) is 4.15. The molecule has 0 saturated carbocycles. The monoisotopic (exact) mass is 197 g/mol. The Kier molecular flexibility index (Phi) is 3.63. The van der Waals surface area contributed by atoms with E-state index in [1.807, 2.05) is 6.92 Å². The van der Waals surface area contributed by atoms with Crippen LogP contribution >= 0.6 is 0 Å². The van der Waals surface area contributed by atoms with Crippen LogP contribution in [0.25, 0.3) is 0 Å². The van der Waals surface area contributed by atoms with E-state index in [0.29, 0.717) is 19.0 Å². The van der Waals surface area contributed by atoms with Crippen molar-refractivity contribution in [2.24, 2.45) is 16.6 Å². The molecular formula is C10H19N3O. The topological polar surface area (TPSA) is 58.7 Å². The van der Waals surface area contributed by atoms with E-state index in [9.17, 15) is 4.79 Å². The SMILES string of the molecule is CC1=NCCN1C(=O)[C@@H](N)CC(C)C. The molecule has 0 radical (unpaired) electrons. The van der Waals surface area contributed by atoms with Crippen LogP contribution in [0.15, 0.2) is 4.99 Å². The molecule has 0 aliphatic carbocycles. The van der Waals surface area contributed by atoms with Gasteiger partial charge >= 0.3 is 0 Å². The van der Waals surface area contributed by atoms with Gasteiger partial charge in [0.05, 0.1) is 12.6 Å². The van der Waals surface area contributed by atoms with E-state index >= 15 is 0 Å². The minimum atomic E-state index is -0.377. The largest absolute Gasteiger partial charge is 0.320 e. The van der Waals surface area contributed by atoms with E-state index in [4.69, 9.17) is 5.73 Å². The zero-order valence-electron chi connectivity index (χ0n) is 9.16. The highest BCUT2D eigenvalue weighted by atomic mass is 16.2. The molecular weight excluding hydrogens is 178 g/mol. The number of hydrogen-bond donors (Lipinski definition) is 1. The van der Waals surface area contributed by atoms with Crippen molar-refractivity contribution in [1.82, 2.24) is 4.90 Å². The summed E-state index contributed by atoms with van der Waals surface area (Å²) in [7, 11) is 0. The van der Waals surface area contributed by atoms with Gasteiger partial charge in [-0.3, -0.25) is 14.7 Å². The summed E-state index contributed by atoms with van der Waals surface area (Å²) in [5.41, 5.74) is 5.81. The van der Waals surface area contributed by atoms with Gasteiger partial charge in [-0.05, 0) is 19.3 Å². The summed E-state index contributed by atoms with van der Waals surface area (Å²) in [5.74, 6) is 1.26. The number of nitrogens with zero attached hydrogens (tertiary/aromatic N) is 2. The summed E-state index contributed by atoms with van der Waals surface area (Å²) in [4.78, 5) is 17.7. The molecule has 1 amide bonds. The lowest BCUT2D eigenvalue weighted by molar-refractivity contribution is -0.128. The van der Waals surface area contributed by atoms with Gasteiger partial charge in [-0.15, -0.1) is 0 Å². The molecule has 14 heavy (non-hydrogen) atoms. The number of rotatable bonds is 3. The van der Waals surface area contributed by atoms with Crippen molar-refractivity contribution >= 4 is 11.7 Å². The molecule has 80 valence electrons. The Labute approximate surface area is 85.2 Å². The van der Waals surface area contributed by atoms with Crippen LogP contribution in [0.4, 0.5) is 0 Å². The van der Waals surface area contributed by atoms with Crippen LogP contribution in [-0.2, 0) is 4.79 Å². The predicted octanol–water partition coefficient (Wildman–Crippen LogP) is 0.620. The van der Waals surface area contributed by atoms with Crippen molar-refractivity contribution in [3.8, 4) is 0 Å². The number of aliphatic imine (C=N–C) groups is 1. The maximum Gasteiger partial charge on any atom is 0.244 e. The lowest BCUT2D eigenvalue weighted by Gasteiger charge is -2.21. The van der Waals surface area contributed by atoms with Gasteiger partial charge in [-0.25, -0.2) is 0 Å². The van der Waals surface area contributed by atoms with Crippen molar-refractivity contribution in [2.45, 2.75) is 33.2 Å². The van der Waals surface area contributed by atoms with Crippen molar-refractivity contribution in [3.63, 3.8) is 0 Å². The first-order chi connectivity index (χ1) is 6.52. The van der Waals surface area contributed by atoms with Crippen molar-refractivity contribution in [1.29, 1.82) is 0 Å².